The first-order valence-electron chi connectivity index (χ1n) is 12.4. The number of thioether (sulfide) groups is 1. The number of benzene rings is 3. The molecule has 6 rings (SSSR count). The number of amides is 1. The van der Waals surface area contributed by atoms with Crippen LogP contribution in [0.1, 0.15) is 35.2 Å². The minimum absolute atomic E-state index is 0.00675. The third kappa shape index (κ3) is 4.87. The van der Waals surface area contributed by atoms with E-state index in [0.29, 0.717) is 38.2 Å². The molecule has 4 aromatic rings. The molecule has 1 amide bonds. The zero-order valence-corrected chi connectivity index (χ0v) is 23.4. The van der Waals surface area contributed by atoms with Gasteiger partial charge in [0.1, 0.15) is 23.4 Å². The van der Waals surface area contributed by atoms with Crippen LogP contribution in [0.5, 0.6) is 5.75 Å². The fourth-order valence-electron chi connectivity index (χ4n) is 4.86. The first kappa shape index (κ1) is 26.5. The van der Waals surface area contributed by atoms with E-state index in [0.717, 1.165) is 22.6 Å². The number of hydrogen-bond acceptors (Lipinski definition) is 8. The number of ether oxygens (including phenoxy) is 1. The van der Waals surface area contributed by atoms with E-state index >= 15 is 0 Å². The van der Waals surface area contributed by atoms with E-state index in [1.807, 2.05) is 6.92 Å². The maximum Gasteiger partial charge on any atom is 0.301 e. The second-order valence-electron chi connectivity index (χ2n) is 9.41. The molecule has 40 heavy (non-hydrogen) atoms. The molecule has 202 valence electrons. The summed E-state index contributed by atoms with van der Waals surface area (Å²) in [6.45, 7) is 1.95. The molecule has 1 N–H and O–H groups in total. The van der Waals surface area contributed by atoms with Crippen molar-refractivity contribution < 1.29 is 23.8 Å². The minimum atomic E-state index is -0.987. The van der Waals surface area contributed by atoms with Crippen molar-refractivity contribution in [3.63, 3.8) is 0 Å². The Bertz CT molecular complexity index is 1690. The standard InChI is InChI=1S/C29H21ClFN3O4S2/c1-15-11-19-12-17(9-10-22(19)38-15)25(35)23-24(16-6-4-7-20(30)13-16)34(27(37)26(23)36)28-32-33-29(40-28)39-14-18-5-2-3-8-21(18)31/h2-10,12-13,15,24,35H,11,14H2,1H3/b25-23-. The quantitative estimate of drug-likeness (QED) is 0.0888. The molecule has 0 bridgehead atoms. The molecule has 2 aliphatic rings. The Morgan fingerprint density at radius 1 is 1.15 bits per heavy atom. The Balaban J connectivity index is 1.39. The van der Waals surface area contributed by atoms with E-state index in [-0.39, 0.29) is 28.4 Å². The molecule has 2 unspecified atom stereocenters. The predicted octanol–water partition coefficient (Wildman–Crippen LogP) is 6.57. The van der Waals surface area contributed by atoms with Gasteiger partial charge in [-0.2, -0.15) is 0 Å². The van der Waals surface area contributed by atoms with Crippen LogP contribution in [0.4, 0.5) is 9.52 Å². The van der Waals surface area contributed by atoms with Crippen LogP contribution in [0.15, 0.2) is 76.6 Å². The first-order valence-corrected chi connectivity index (χ1v) is 14.5. The fraction of sp³-hybridized carbons (Fsp3) is 0.172. The van der Waals surface area contributed by atoms with Crippen LogP contribution in [-0.2, 0) is 21.8 Å². The van der Waals surface area contributed by atoms with Gasteiger partial charge in [-0.3, -0.25) is 14.5 Å². The summed E-state index contributed by atoms with van der Waals surface area (Å²) in [5, 5.41) is 20.4. The lowest BCUT2D eigenvalue weighted by atomic mass is 9.94. The van der Waals surface area contributed by atoms with E-state index in [1.165, 1.54) is 22.7 Å². The summed E-state index contributed by atoms with van der Waals surface area (Å²) in [5.41, 5.74) is 2.28. The molecule has 3 heterocycles. The number of carbonyl (C=O) groups is 2. The summed E-state index contributed by atoms with van der Waals surface area (Å²) >= 11 is 8.67. The van der Waals surface area contributed by atoms with E-state index in [2.05, 4.69) is 10.2 Å². The molecule has 0 spiro atoms. The number of nitrogens with zero attached hydrogens (tertiary/aromatic N) is 3. The number of Topliss-reactive ketones (excluding diaryl/α,β-unsaturated/α-hetero) is 1. The lowest BCUT2D eigenvalue weighted by Crippen LogP contribution is -2.29. The number of fused-ring (bicyclic) bond motifs is 1. The van der Waals surface area contributed by atoms with Gasteiger partial charge < -0.3 is 9.84 Å². The molecule has 3 aromatic carbocycles. The van der Waals surface area contributed by atoms with E-state index in [4.69, 9.17) is 16.3 Å². The third-order valence-electron chi connectivity index (χ3n) is 6.69. The maximum absolute atomic E-state index is 14.1. The summed E-state index contributed by atoms with van der Waals surface area (Å²) in [6, 6.07) is 17.4. The average molecular weight is 594 g/mol. The van der Waals surface area contributed by atoms with Crippen molar-refractivity contribution in [2.75, 3.05) is 4.90 Å². The Kier molecular flexibility index (Phi) is 7.07. The highest BCUT2D eigenvalue weighted by Crippen LogP contribution is 2.45. The van der Waals surface area contributed by atoms with Crippen LogP contribution < -0.4 is 9.64 Å². The number of hydrogen-bond donors (Lipinski definition) is 1. The number of halogens is 2. The number of aliphatic hydroxyl groups is 1. The van der Waals surface area contributed by atoms with Crippen molar-refractivity contribution in [3.8, 4) is 5.75 Å². The number of anilines is 1. The van der Waals surface area contributed by atoms with Gasteiger partial charge in [0.2, 0.25) is 5.13 Å². The normalized spacial score (nSPS) is 19.6. The number of aliphatic hydroxyl groups excluding tert-OH is 1. The minimum Gasteiger partial charge on any atom is -0.507 e. The van der Waals surface area contributed by atoms with Crippen molar-refractivity contribution in [2.45, 2.75) is 35.6 Å². The van der Waals surface area contributed by atoms with Crippen LogP contribution in [0.25, 0.3) is 5.76 Å². The lowest BCUT2D eigenvalue weighted by molar-refractivity contribution is -0.132. The highest BCUT2D eigenvalue weighted by Gasteiger charge is 2.48. The van der Waals surface area contributed by atoms with Crippen LogP contribution in [0.3, 0.4) is 0 Å². The number of aromatic nitrogens is 2. The molecular weight excluding hydrogens is 573 g/mol. The molecule has 1 fully saturated rings. The van der Waals surface area contributed by atoms with Gasteiger partial charge in [0.15, 0.2) is 4.34 Å². The van der Waals surface area contributed by atoms with Crippen molar-refractivity contribution in [1.82, 2.24) is 10.2 Å². The van der Waals surface area contributed by atoms with E-state index in [9.17, 15) is 19.1 Å². The molecule has 7 nitrogen and oxygen atoms in total. The van der Waals surface area contributed by atoms with Crippen LogP contribution in [-0.4, -0.2) is 33.1 Å². The largest absolute Gasteiger partial charge is 0.507 e. The molecule has 0 saturated carbocycles. The van der Waals surface area contributed by atoms with E-state index < -0.39 is 17.7 Å². The van der Waals surface area contributed by atoms with Gasteiger partial charge in [-0.05, 0) is 60.0 Å². The molecule has 1 saturated heterocycles. The monoisotopic (exact) mass is 593 g/mol. The van der Waals surface area contributed by atoms with Gasteiger partial charge in [-0.1, -0.05) is 65.0 Å². The number of rotatable bonds is 6. The Morgan fingerprint density at radius 3 is 2.77 bits per heavy atom. The number of carbonyl (C=O) groups excluding carboxylic acids is 2. The van der Waals surface area contributed by atoms with Gasteiger partial charge >= 0.3 is 5.91 Å². The Hall–Kier alpha value is -3.73. The lowest BCUT2D eigenvalue weighted by Gasteiger charge is -2.22. The van der Waals surface area contributed by atoms with Gasteiger partial charge in [-0.15, -0.1) is 10.2 Å². The molecule has 2 aliphatic heterocycles. The van der Waals surface area contributed by atoms with Crippen molar-refractivity contribution in [2.24, 2.45) is 0 Å². The first-order chi connectivity index (χ1) is 19.3. The Labute approximate surface area is 242 Å². The topological polar surface area (TPSA) is 92.6 Å². The molecule has 2 atom stereocenters. The zero-order chi connectivity index (χ0) is 28.0. The third-order valence-corrected chi connectivity index (χ3v) is 9.03. The smallest absolute Gasteiger partial charge is 0.301 e. The van der Waals surface area contributed by atoms with Crippen molar-refractivity contribution in [3.05, 3.63) is 105 Å². The van der Waals surface area contributed by atoms with Crippen LogP contribution >= 0.6 is 34.7 Å². The average Bonchev–Trinajstić information content (AvgIpc) is 3.63. The van der Waals surface area contributed by atoms with E-state index in [1.54, 1.807) is 60.7 Å². The second-order valence-corrected chi connectivity index (χ2v) is 12.0. The summed E-state index contributed by atoms with van der Waals surface area (Å²) in [7, 11) is 0. The summed E-state index contributed by atoms with van der Waals surface area (Å²) in [5.74, 6) is -1.26. The summed E-state index contributed by atoms with van der Waals surface area (Å²) < 4.78 is 20.3. The summed E-state index contributed by atoms with van der Waals surface area (Å²) in [4.78, 5) is 28.1. The second kappa shape index (κ2) is 10.7. The Morgan fingerprint density at radius 2 is 1.98 bits per heavy atom. The maximum atomic E-state index is 14.1. The molecule has 0 radical (unpaired) electrons. The van der Waals surface area contributed by atoms with Gasteiger partial charge in [0.05, 0.1) is 11.6 Å². The highest BCUT2D eigenvalue weighted by atomic mass is 35.5. The van der Waals surface area contributed by atoms with Crippen LogP contribution in [0.2, 0.25) is 5.02 Å². The molecule has 0 aliphatic carbocycles. The number of ketones is 1. The fourth-order valence-corrected chi connectivity index (χ4v) is 6.91. The molecular formula is C29H21ClFN3O4S2. The molecule has 11 heteroatoms. The van der Waals surface area contributed by atoms with Crippen molar-refractivity contribution in [1.29, 1.82) is 0 Å². The molecule has 1 aromatic heterocycles. The zero-order valence-electron chi connectivity index (χ0n) is 21.0. The SMILES string of the molecule is CC1Cc2cc(/C(O)=C3/C(=O)C(=O)N(c4nnc(SCc5ccccc5F)s4)C3c3cccc(Cl)c3)ccc2O1. The highest BCUT2D eigenvalue weighted by molar-refractivity contribution is 8.00. The van der Waals surface area contributed by atoms with Gasteiger partial charge in [0, 0.05) is 22.8 Å². The van der Waals surface area contributed by atoms with Crippen LogP contribution in [0, 0.1) is 5.82 Å². The van der Waals surface area contributed by atoms with Gasteiger partial charge in [-0.25, -0.2) is 4.39 Å². The predicted molar refractivity (Wildman–Crippen MR) is 152 cm³/mol. The van der Waals surface area contributed by atoms with Crippen molar-refractivity contribution >= 4 is 57.3 Å². The van der Waals surface area contributed by atoms with Gasteiger partial charge in [0.25, 0.3) is 5.78 Å². The summed E-state index contributed by atoms with van der Waals surface area (Å²) in [6.07, 6.45) is 0.674.